The van der Waals surface area contributed by atoms with Gasteiger partial charge in [-0.15, -0.1) is 0 Å². The van der Waals surface area contributed by atoms with Gasteiger partial charge in [-0.2, -0.15) is 0 Å². The Hall–Kier alpha value is -1.55. The maximum Gasteiger partial charge on any atom is 0.191 e. The maximum atomic E-state index is 4.79. The SMILES string of the molecule is CCNC(=NCc1ccccc1CN(C)C)NC1CCCC1. The predicted octanol–water partition coefficient (Wildman–Crippen LogP) is 2.75. The lowest BCUT2D eigenvalue weighted by atomic mass is 10.1. The fourth-order valence-corrected chi connectivity index (χ4v) is 2.95. The lowest BCUT2D eigenvalue weighted by Crippen LogP contribution is -2.42. The average molecular weight is 302 g/mol. The van der Waals surface area contributed by atoms with E-state index >= 15 is 0 Å². The molecule has 2 rings (SSSR count). The number of aliphatic imine (C=N–C) groups is 1. The highest BCUT2D eigenvalue weighted by atomic mass is 15.2. The van der Waals surface area contributed by atoms with Crippen LogP contribution in [0, 0.1) is 0 Å². The standard InChI is InChI=1S/C18H30N4/c1-4-19-18(21-17-11-7-8-12-17)20-13-15-9-5-6-10-16(15)14-22(2)3/h5-6,9-10,17H,4,7-8,11-14H2,1-3H3,(H2,19,20,21). The number of rotatable bonds is 6. The van der Waals surface area contributed by atoms with Crippen molar-refractivity contribution >= 4 is 5.96 Å². The van der Waals surface area contributed by atoms with E-state index in [4.69, 9.17) is 4.99 Å². The van der Waals surface area contributed by atoms with Crippen LogP contribution in [0.25, 0.3) is 0 Å². The van der Waals surface area contributed by atoms with Crippen LogP contribution in [0.5, 0.6) is 0 Å². The highest BCUT2D eigenvalue weighted by Gasteiger charge is 2.15. The first-order valence-corrected chi connectivity index (χ1v) is 8.45. The molecule has 0 aliphatic heterocycles. The molecule has 1 aromatic carbocycles. The van der Waals surface area contributed by atoms with E-state index in [1.54, 1.807) is 0 Å². The van der Waals surface area contributed by atoms with Crippen LogP contribution in [0.2, 0.25) is 0 Å². The van der Waals surface area contributed by atoms with Crippen molar-refractivity contribution in [3.8, 4) is 0 Å². The Kier molecular flexibility index (Phi) is 6.72. The first-order chi connectivity index (χ1) is 10.7. The van der Waals surface area contributed by atoms with Crippen molar-refractivity contribution < 1.29 is 0 Å². The predicted molar refractivity (Wildman–Crippen MR) is 94.0 cm³/mol. The Balaban J connectivity index is 2.02. The number of nitrogens with one attached hydrogen (secondary N) is 2. The molecule has 0 aromatic heterocycles. The van der Waals surface area contributed by atoms with Crippen LogP contribution in [-0.2, 0) is 13.1 Å². The fraction of sp³-hybridized carbons (Fsp3) is 0.611. The van der Waals surface area contributed by atoms with Crippen molar-refractivity contribution in [3.05, 3.63) is 35.4 Å². The number of guanidine groups is 1. The second-order valence-corrected chi connectivity index (χ2v) is 6.33. The molecule has 0 unspecified atom stereocenters. The molecule has 2 N–H and O–H groups in total. The molecule has 0 amide bonds. The van der Waals surface area contributed by atoms with Gasteiger partial charge < -0.3 is 15.5 Å². The zero-order chi connectivity index (χ0) is 15.8. The molecule has 0 saturated heterocycles. The lowest BCUT2D eigenvalue weighted by Gasteiger charge is -2.17. The molecule has 1 saturated carbocycles. The van der Waals surface area contributed by atoms with Gasteiger partial charge in [0.15, 0.2) is 5.96 Å². The maximum absolute atomic E-state index is 4.79. The Labute approximate surface area is 135 Å². The minimum absolute atomic E-state index is 0.592. The molecule has 122 valence electrons. The summed E-state index contributed by atoms with van der Waals surface area (Å²) in [5.41, 5.74) is 2.66. The largest absolute Gasteiger partial charge is 0.357 e. The first-order valence-electron chi connectivity index (χ1n) is 8.45. The van der Waals surface area contributed by atoms with Crippen LogP contribution >= 0.6 is 0 Å². The van der Waals surface area contributed by atoms with Crippen molar-refractivity contribution in [1.82, 2.24) is 15.5 Å². The summed E-state index contributed by atoms with van der Waals surface area (Å²) < 4.78 is 0. The summed E-state index contributed by atoms with van der Waals surface area (Å²) in [7, 11) is 4.21. The molecule has 0 atom stereocenters. The van der Waals surface area contributed by atoms with E-state index in [9.17, 15) is 0 Å². The van der Waals surface area contributed by atoms with E-state index < -0.39 is 0 Å². The zero-order valence-corrected chi connectivity index (χ0v) is 14.2. The zero-order valence-electron chi connectivity index (χ0n) is 14.2. The Morgan fingerprint density at radius 1 is 1.18 bits per heavy atom. The molecule has 1 aliphatic carbocycles. The third-order valence-corrected chi connectivity index (χ3v) is 4.05. The van der Waals surface area contributed by atoms with Gasteiger partial charge in [-0.3, -0.25) is 0 Å². The molecule has 0 bridgehead atoms. The van der Waals surface area contributed by atoms with Crippen LogP contribution in [0.1, 0.15) is 43.7 Å². The summed E-state index contributed by atoms with van der Waals surface area (Å²) in [6, 6.07) is 9.17. The normalized spacial score (nSPS) is 16.3. The molecular weight excluding hydrogens is 272 g/mol. The Morgan fingerprint density at radius 3 is 2.50 bits per heavy atom. The van der Waals surface area contributed by atoms with Crippen LogP contribution in [0.4, 0.5) is 0 Å². The summed E-state index contributed by atoms with van der Waals surface area (Å²) in [6.07, 6.45) is 5.20. The van der Waals surface area contributed by atoms with Gasteiger partial charge in [-0.1, -0.05) is 37.1 Å². The van der Waals surface area contributed by atoms with Crippen LogP contribution < -0.4 is 10.6 Å². The minimum atomic E-state index is 0.592. The minimum Gasteiger partial charge on any atom is -0.357 e. The molecule has 1 aliphatic rings. The van der Waals surface area contributed by atoms with Gasteiger partial charge >= 0.3 is 0 Å². The van der Waals surface area contributed by atoms with Gasteiger partial charge in [0.2, 0.25) is 0 Å². The second-order valence-electron chi connectivity index (χ2n) is 6.33. The van der Waals surface area contributed by atoms with Crippen molar-refractivity contribution in [1.29, 1.82) is 0 Å². The Morgan fingerprint density at radius 2 is 1.86 bits per heavy atom. The molecule has 0 spiro atoms. The monoisotopic (exact) mass is 302 g/mol. The second kappa shape index (κ2) is 8.79. The topological polar surface area (TPSA) is 39.7 Å². The summed E-state index contributed by atoms with van der Waals surface area (Å²) in [5, 5.41) is 6.94. The summed E-state index contributed by atoms with van der Waals surface area (Å²) in [5.74, 6) is 0.953. The highest BCUT2D eigenvalue weighted by molar-refractivity contribution is 5.80. The molecule has 1 aromatic rings. The molecule has 0 heterocycles. The third kappa shape index (κ3) is 5.34. The number of benzene rings is 1. The van der Waals surface area contributed by atoms with E-state index in [1.165, 1.54) is 36.8 Å². The van der Waals surface area contributed by atoms with Gasteiger partial charge in [-0.25, -0.2) is 4.99 Å². The van der Waals surface area contributed by atoms with Crippen LogP contribution in [0.15, 0.2) is 29.3 Å². The highest BCUT2D eigenvalue weighted by Crippen LogP contribution is 2.17. The van der Waals surface area contributed by atoms with Crippen LogP contribution in [-0.4, -0.2) is 37.5 Å². The van der Waals surface area contributed by atoms with E-state index in [-0.39, 0.29) is 0 Å². The molecule has 4 nitrogen and oxygen atoms in total. The summed E-state index contributed by atoms with van der Waals surface area (Å²) in [6.45, 7) is 4.70. The van der Waals surface area contributed by atoms with Crippen molar-refractivity contribution in [2.24, 2.45) is 4.99 Å². The Bertz CT molecular complexity index is 476. The van der Waals surface area contributed by atoms with Crippen molar-refractivity contribution in [3.63, 3.8) is 0 Å². The molecule has 0 radical (unpaired) electrons. The number of nitrogens with zero attached hydrogens (tertiary/aromatic N) is 2. The van der Waals surface area contributed by atoms with Gasteiger partial charge in [0.1, 0.15) is 0 Å². The number of hydrogen-bond donors (Lipinski definition) is 2. The average Bonchev–Trinajstić information content (AvgIpc) is 2.99. The third-order valence-electron chi connectivity index (χ3n) is 4.05. The van der Waals surface area contributed by atoms with Crippen LogP contribution in [0.3, 0.4) is 0 Å². The smallest absolute Gasteiger partial charge is 0.191 e. The lowest BCUT2D eigenvalue weighted by molar-refractivity contribution is 0.401. The quantitative estimate of drug-likeness (QED) is 0.627. The van der Waals surface area contributed by atoms with Gasteiger partial charge in [-0.05, 0) is 45.0 Å². The van der Waals surface area contributed by atoms with E-state index in [1.807, 2.05) is 0 Å². The first kappa shape index (κ1) is 16.8. The summed E-state index contributed by atoms with van der Waals surface area (Å²) in [4.78, 5) is 6.99. The molecule has 22 heavy (non-hydrogen) atoms. The van der Waals surface area contributed by atoms with E-state index in [0.29, 0.717) is 6.04 Å². The molecule has 4 heteroatoms. The molecular formula is C18H30N4. The molecule has 1 fully saturated rings. The van der Waals surface area contributed by atoms with E-state index in [0.717, 1.165) is 25.6 Å². The van der Waals surface area contributed by atoms with Crippen molar-refractivity contribution in [2.45, 2.75) is 51.7 Å². The van der Waals surface area contributed by atoms with E-state index in [2.05, 4.69) is 60.8 Å². The fourth-order valence-electron chi connectivity index (χ4n) is 2.95. The number of hydrogen-bond acceptors (Lipinski definition) is 2. The van der Waals surface area contributed by atoms with Crippen molar-refractivity contribution in [2.75, 3.05) is 20.6 Å². The van der Waals surface area contributed by atoms with Gasteiger partial charge in [0, 0.05) is 19.1 Å². The summed E-state index contributed by atoms with van der Waals surface area (Å²) >= 11 is 0. The van der Waals surface area contributed by atoms with Gasteiger partial charge in [0.05, 0.1) is 6.54 Å². The van der Waals surface area contributed by atoms with Gasteiger partial charge in [0.25, 0.3) is 0 Å².